The Hall–Kier alpha value is -1.62. The van der Waals surface area contributed by atoms with E-state index in [9.17, 15) is 9.18 Å². The van der Waals surface area contributed by atoms with Gasteiger partial charge in [-0.3, -0.25) is 4.79 Å². The molecule has 2 rings (SSSR count). The van der Waals surface area contributed by atoms with Gasteiger partial charge in [-0.15, -0.1) is 0 Å². The Balaban J connectivity index is 2.35. The smallest absolute Gasteiger partial charge is 0.294 e. The highest BCUT2D eigenvalue weighted by Gasteiger charge is 2.21. The van der Waals surface area contributed by atoms with Crippen LogP contribution in [0.25, 0.3) is 0 Å². The van der Waals surface area contributed by atoms with Crippen LogP contribution in [0.15, 0.2) is 45.5 Å². The second-order valence-corrected chi connectivity index (χ2v) is 4.39. The minimum Gasteiger partial charge on any atom is -0.444 e. The fourth-order valence-corrected chi connectivity index (χ4v) is 1.96. The lowest BCUT2D eigenvalue weighted by molar-refractivity contribution is 0.0959. The van der Waals surface area contributed by atoms with Crippen molar-refractivity contribution in [1.82, 2.24) is 0 Å². The number of halogens is 2. The van der Waals surface area contributed by atoms with E-state index < -0.39 is 5.82 Å². The summed E-state index contributed by atoms with van der Waals surface area (Å²) in [7, 11) is 0. The maximum absolute atomic E-state index is 13.7. The molecule has 0 saturated carbocycles. The molecular weight excluding hydrogens is 301 g/mol. The average Bonchev–Trinajstić information content (AvgIpc) is 2.79. The maximum atomic E-state index is 13.7. The maximum Gasteiger partial charge on any atom is 0.294 e. The SMILES string of the molecule is CCN(C(=O)c1ccc(Br)o1)c1ccccc1F. The fraction of sp³-hybridized carbons (Fsp3) is 0.154. The molecular formula is C13H11BrFNO2. The highest BCUT2D eigenvalue weighted by molar-refractivity contribution is 9.10. The minimum absolute atomic E-state index is 0.173. The number of benzene rings is 1. The van der Waals surface area contributed by atoms with E-state index in [0.29, 0.717) is 11.2 Å². The molecule has 18 heavy (non-hydrogen) atoms. The van der Waals surface area contributed by atoms with Crippen LogP contribution in [0.2, 0.25) is 0 Å². The molecule has 0 saturated heterocycles. The molecule has 0 unspecified atom stereocenters. The summed E-state index contributed by atoms with van der Waals surface area (Å²) in [6, 6.07) is 9.34. The van der Waals surface area contributed by atoms with Crippen molar-refractivity contribution in [1.29, 1.82) is 0 Å². The van der Waals surface area contributed by atoms with Crippen LogP contribution in [-0.2, 0) is 0 Å². The van der Waals surface area contributed by atoms with Gasteiger partial charge >= 0.3 is 0 Å². The van der Waals surface area contributed by atoms with E-state index in [1.165, 1.54) is 11.0 Å². The molecule has 1 heterocycles. The molecule has 0 bridgehead atoms. The number of hydrogen-bond acceptors (Lipinski definition) is 2. The second kappa shape index (κ2) is 5.35. The van der Waals surface area contributed by atoms with Crippen molar-refractivity contribution >= 4 is 27.5 Å². The Kier molecular flexibility index (Phi) is 3.81. The zero-order valence-electron chi connectivity index (χ0n) is 9.69. The first-order chi connectivity index (χ1) is 8.63. The van der Waals surface area contributed by atoms with Crippen molar-refractivity contribution in [3.05, 3.63) is 52.6 Å². The summed E-state index contributed by atoms with van der Waals surface area (Å²) in [6.07, 6.45) is 0. The van der Waals surface area contributed by atoms with Crippen molar-refractivity contribution in [3.8, 4) is 0 Å². The quantitative estimate of drug-likeness (QED) is 0.862. The van der Waals surface area contributed by atoms with Crippen molar-refractivity contribution in [2.45, 2.75) is 6.92 Å². The molecule has 1 amide bonds. The Morgan fingerprint density at radius 2 is 2.06 bits per heavy atom. The van der Waals surface area contributed by atoms with E-state index in [2.05, 4.69) is 15.9 Å². The molecule has 0 N–H and O–H groups in total. The molecule has 0 radical (unpaired) electrons. The number of carbonyl (C=O) groups is 1. The van der Waals surface area contributed by atoms with Gasteiger partial charge in [0.05, 0.1) is 5.69 Å². The van der Waals surface area contributed by atoms with Gasteiger partial charge in [0, 0.05) is 6.54 Å². The van der Waals surface area contributed by atoms with E-state index in [1.54, 1.807) is 37.3 Å². The lowest BCUT2D eigenvalue weighted by Crippen LogP contribution is -2.31. The number of furan rings is 1. The summed E-state index contributed by atoms with van der Waals surface area (Å²) in [5.74, 6) is -0.626. The topological polar surface area (TPSA) is 33.5 Å². The van der Waals surface area contributed by atoms with E-state index >= 15 is 0 Å². The predicted molar refractivity (Wildman–Crippen MR) is 70.2 cm³/mol. The molecule has 2 aromatic rings. The zero-order valence-corrected chi connectivity index (χ0v) is 11.3. The number of hydrogen-bond donors (Lipinski definition) is 0. The van der Waals surface area contributed by atoms with Gasteiger partial charge in [0.1, 0.15) is 5.82 Å². The number of para-hydroxylation sites is 1. The van der Waals surface area contributed by atoms with Crippen LogP contribution >= 0.6 is 15.9 Å². The van der Waals surface area contributed by atoms with Gasteiger partial charge in [-0.25, -0.2) is 4.39 Å². The zero-order chi connectivity index (χ0) is 13.1. The highest BCUT2D eigenvalue weighted by Crippen LogP contribution is 2.22. The van der Waals surface area contributed by atoms with Gasteiger partial charge in [-0.05, 0) is 47.1 Å². The van der Waals surface area contributed by atoms with Crippen molar-refractivity contribution in [2.24, 2.45) is 0 Å². The lowest BCUT2D eigenvalue weighted by Gasteiger charge is -2.20. The van der Waals surface area contributed by atoms with Crippen LogP contribution in [0.1, 0.15) is 17.5 Å². The average molecular weight is 312 g/mol. The Bertz CT molecular complexity index is 568. The standard InChI is InChI=1S/C13H11BrFNO2/c1-2-16(10-6-4-3-5-9(10)15)13(17)11-7-8-12(14)18-11/h3-8H,2H2,1H3. The molecule has 3 nitrogen and oxygen atoms in total. The molecule has 1 aromatic carbocycles. The molecule has 0 aliphatic carbocycles. The first kappa shape index (κ1) is 12.8. The van der Waals surface area contributed by atoms with Crippen LogP contribution in [0.5, 0.6) is 0 Å². The van der Waals surface area contributed by atoms with Crippen LogP contribution in [0, 0.1) is 5.82 Å². The first-order valence-electron chi connectivity index (χ1n) is 5.45. The Labute approximate surface area is 112 Å². The summed E-state index contributed by atoms with van der Waals surface area (Å²) in [6.45, 7) is 2.14. The van der Waals surface area contributed by atoms with Crippen molar-refractivity contribution in [2.75, 3.05) is 11.4 Å². The molecule has 1 aromatic heterocycles. The van der Waals surface area contributed by atoms with Gasteiger partial charge in [0.2, 0.25) is 0 Å². The monoisotopic (exact) mass is 311 g/mol. The fourth-order valence-electron chi connectivity index (χ4n) is 1.66. The number of anilines is 1. The van der Waals surface area contributed by atoms with Gasteiger partial charge in [-0.2, -0.15) is 0 Å². The lowest BCUT2D eigenvalue weighted by atomic mass is 10.2. The molecule has 0 aliphatic rings. The number of carbonyl (C=O) groups excluding carboxylic acids is 1. The molecule has 94 valence electrons. The number of amides is 1. The first-order valence-corrected chi connectivity index (χ1v) is 6.24. The van der Waals surface area contributed by atoms with Gasteiger partial charge in [0.25, 0.3) is 5.91 Å². The van der Waals surface area contributed by atoms with E-state index in [-0.39, 0.29) is 17.4 Å². The van der Waals surface area contributed by atoms with Crippen LogP contribution in [0.3, 0.4) is 0 Å². The van der Waals surface area contributed by atoms with E-state index in [1.807, 2.05) is 0 Å². The molecule has 0 spiro atoms. The minimum atomic E-state index is -0.432. The molecule has 5 heteroatoms. The summed E-state index contributed by atoms with van der Waals surface area (Å²) >= 11 is 3.13. The summed E-state index contributed by atoms with van der Waals surface area (Å²) in [4.78, 5) is 13.5. The third kappa shape index (κ3) is 2.46. The number of rotatable bonds is 3. The summed E-state index contributed by atoms with van der Waals surface area (Å²) in [5, 5.41) is 0. The third-order valence-electron chi connectivity index (χ3n) is 2.49. The molecule has 0 aliphatic heterocycles. The molecule has 0 fully saturated rings. The Morgan fingerprint density at radius 3 is 2.61 bits per heavy atom. The van der Waals surface area contributed by atoms with Crippen LogP contribution < -0.4 is 4.90 Å². The largest absolute Gasteiger partial charge is 0.444 e. The Morgan fingerprint density at radius 1 is 1.33 bits per heavy atom. The van der Waals surface area contributed by atoms with Gasteiger partial charge < -0.3 is 9.32 Å². The van der Waals surface area contributed by atoms with Gasteiger partial charge in [0.15, 0.2) is 10.4 Å². The molecule has 0 atom stereocenters. The van der Waals surface area contributed by atoms with Crippen LogP contribution in [0.4, 0.5) is 10.1 Å². The van der Waals surface area contributed by atoms with E-state index in [4.69, 9.17) is 4.42 Å². The van der Waals surface area contributed by atoms with Gasteiger partial charge in [-0.1, -0.05) is 12.1 Å². The summed E-state index contributed by atoms with van der Waals surface area (Å²) < 4.78 is 19.3. The van der Waals surface area contributed by atoms with E-state index in [0.717, 1.165) is 0 Å². The van der Waals surface area contributed by atoms with Crippen LogP contribution in [-0.4, -0.2) is 12.5 Å². The highest BCUT2D eigenvalue weighted by atomic mass is 79.9. The predicted octanol–water partition coefficient (Wildman–Crippen LogP) is 3.85. The number of nitrogens with zero attached hydrogens (tertiary/aromatic N) is 1. The second-order valence-electron chi connectivity index (χ2n) is 3.60. The third-order valence-corrected chi connectivity index (χ3v) is 2.91. The normalized spacial score (nSPS) is 10.4. The van der Waals surface area contributed by atoms with Crippen molar-refractivity contribution in [3.63, 3.8) is 0 Å². The summed E-state index contributed by atoms with van der Waals surface area (Å²) in [5.41, 5.74) is 0.248. The van der Waals surface area contributed by atoms with Crippen molar-refractivity contribution < 1.29 is 13.6 Å².